The summed E-state index contributed by atoms with van der Waals surface area (Å²) < 4.78 is 5.81. The number of aryl methyl sites for hydroxylation is 1. The van der Waals surface area contributed by atoms with Gasteiger partial charge < -0.3 is 15.4 Å². The molecule has 1 unspecified atom stereocenters. The average Bonchev–Trinajstić information content (AvgIpc) is 2.62. The molecule has 0 saturated carbocycles. The first kappa shape index (κ1) is 18.9. The molecule has 1 saturated heterocycles. The maximum Gasteiger partial charge on any atom is 0.223 e. The molecule has 4 nitrogen and oxygen atoms in total. The molecular weight excluding hydrogens is 300 g/mol. The van der Waals surface area contributed by atoms with E-state index in [1.165, 1.54) is 11.1 Å². The van der Waals surface area contributed by atoms with E-state index >= 15 is 0 Å². The number of benzene rings is 1. The van der Waals surface area contributed by atoms with Gasteiger partial charge in [0, 0.05) is 26.1 Å². The molecule has 134 valence electrons. The molecule has 1 aromatic rings. The lowest BCUT2D eigenvalue weighted by molar-refractivity contribution is -0.134. The predicted octanol–water partition coefficient (Wildman–Crippen LogP) is 3.10. The largest absolute Gasteiger partial charge is 0.378 e. The fourth-order valence-electron chi connectivity index (χ4n) is 3.20. The molecule has 4 heteroatoms. The van der Waals surface area contributed by atoms with Crippen LogP contribution in [0, 0.1) is 0 Å². The van der Waals surface area contributed by atoms with Crippen molar-refractivity contribution in [2.45, 2.75) is 58.0 Å². The van der Waals surface area contributed by atoms with Gasteiger partial charge in [-0.2, -0.15) is 0 Å². The highest BCUT2D eigenvalue weighted by Crippen LogP contribution is 2.22. The van der Waals surface area contributed by atoms with Crippen molar-refractivity contribution in [3.63, 3.8) is 0 Å². The van der Waals surface area contributed by atoms with Gasteiger partial charge in [-0.3, -0.25) is 4.79 Å². The van der Waals surface area contributed by atoms with Gasteiger partial charge in [0.25, 0.3) is 0 Å². The first-order chi connectivity index (χ1) is 11.6. The summed E-state index contributed by atoms with van der Waals surface area (Å²) in [6.07, 6.45) is 4.72. The summed E-state index contributed by atoms with van der Waals surface area (Å²) in [5, 5.41) is 0. The number of nitrogens with zero attached hydrogens (tertiary/aromatic N) is 1. The molecule has 0 bridgehead atoms. The minimum absolute atomic E-state index is 0.266. The van der Waals surface area contributed by atoms with E-state index in [1.807, 2.05) is 4.90 Å². The molecule has 2 rings (SSSR count). The van der Waals surface area contributed by atoms with Gasteiger partial charge in [0.2, 0.25) is 5.91 Å². The molecule has 0 spiro atoms. The van der Waals surface area contributed by atoms with E-state index in [-0.39, 0.29) is 11.8 Å². The third kappa shape index (κ3) is 5.60. The molecule has 1 fully saturated rings. The summed E-state index contributed by atoms with van der Waals surface area (Å²) in [5.74, 6) is 0.532. The molecule has 2 N–H and O–H groups in total. The van der Waals surface area contributed by atoms with Crippen LogP contribution in [0.5, 0.6) is 0 Å². The molecule has 0 radical (unpaired) electrons. The molecule has 1 aromatic carbocycles. The van der Waals surface area contributed by atoms with Crippen molar-refractivity contribution >= 4 is 5.91 Å². The number of piperidine rings is 1. The average molecular weight is 332 g/mol. The maximum absolute atomic E-state index is 12.5. The molecule has 1 aliphatic rings. The molecule has 1 atom stereocenters. The Morgan fingerprint density at radius 2 is 1.96 bits per heavy atom. The third-order valence-electron chi connectivity index (χ3n) is 4.93. The van der Waals surface area contributed by atoms with Crippen LogP contribution in [0.25, 0.3) is 0 Å². The summed E-state index contributed by atoms with van der Waals surface area (Å²) in [7, 11) is 0. The van der Waals surface area contributed by atoms with Crippen molar-refractivity contribution in [3.8, 4) is 0 Å². The predicted molar refractivity (Wildman–Crippen MR) is 98.1 cm³/mol. The third-order valence-corrected chi connectivity index (χ3v) is 4.93. The number of amides is 1. The van der Waals surface area contributed by atoms with Gasteiger partial charge in [-0.25, -0.2) is 0 Å². The van der Waals surface area contributed by atoms with Crippen LogP contribution < -0.4 is 5.73 Å². The molecule has 0 aliphatic carbocycles. The summed E-state index contributed by atoms with van der Waals surface area (Å²) in [4.78, 5) is 14.5. The fourth-order valence-corrected chi connectivity index (χ4v) is 3.20. The number of likely N-dealkylation sites (tertiary alicyclic amines) is 1. The lowest BCUT2D eigenvalue weighted by Crippen LogP contribution is -2.41. The molecular formula is C20H32N2O2. The second kappa shape index (κ2) is 9.80. The lowest BCUT2D eigenvalue weighted by atomic mass is 9.95. The van der Waals surface area contributed by atoms with E-state index < -0.39 is 0 Å². The van der Waals surface area contributed by atoms with Crippen LogP contribution in [0.3, 0.4) is 0 Å². The Kier molecular flexibility index (Phi) is 7.73. The lowest BCUT2D eigenvalue weighted by Gasteiger charge is -2.32. The standard InChI is InChI=1S/C20H32N2O2/c1-3-17-5-7-18(8-6-17)16(2)15-20(23)22-12-9-19(10-13-22)24-14-4-11-21/h5-8,16,19H,3-4,9-15,21H2,1-2H3. The van der Waals surface area contributed by atoms with E-state index in [1.54, 1.807) is 0 Å². The zero-order valence-corrected chi connectivity index (χ0v) is 15.2. The van der Waals surface area contributed by atoms with Crippen LogP contribution in [0.15, 0.2) is 24.3 Å². The second-order valence-corrected chi connectivity index (χ2v) is 6.79. The Labute approximate surface area is 146 Å². The highest BCUT2D eigenvalue weighted by molar-refractivity contribution is 5.77. The molecule has 1 aliphatic heterocycles. The zero-order valence-electron chi connectivity index (χ0n) is 15.2. The Bertz CT molecular complexity index is 493. The van der Waals surface area contributed by atoms with Crippen molar-refractivity contribution < 1.29 is 9.53 Å². The summed E-state index contributed by atoms with van der Waals surface area (Å²) in [6.45, 7) is 7.34. The number of rotatable bonds is 8. The SMILES string of the molecule is CCc1ccc(C(C)CC(=O)N2CCC(OCCCN)CC2)cc1. The number of hydrogen-bond donors (Lipinski definition) is 1. The van der Waals surface area contributed by atoms with Crippen molar-refractivity contribution in [1.82, 2.24) is 4.90 Å². The van der Waals surface area contributed by atoms with Gasteiger partial charge >= 0.3 is 0 Å². The van der Waals surface area contributed by atoms with Crippen LogP contribution in [-0.2, 0) is 16.0 Å². The van der Waals surface area contributed by atoms with Crippen LogP contribution in [-0.4, -0.2) is 43.2 Å². The second-order valence-electron chi connectivity index (χ2n) is 6.79. The molecule has 24 heavy (non-hydrogen) atoms. The number of ether oxygens (including phenoxy) is 1. The van der Waals surface area contributed by atoms with E-state index in [0.29, 0.717) is 19.1 Å². The van der Waals surface area contributed by atoms with Crippen LogP contribution >= 0.6 is 0 Å². The monoisotopic (exact) mass is 332 g/mol. The first-order valence-corrected chi connectivity index (χ1v) is 9.32. The summed E-state index contributed by atoms with van der Waals surface area (Å²) >= 11 is 0. The van der Waals surface area contributed by atoms with Crippen LogP contribution in [0.2, 0.25) is 0 Å². The summed E-state index contributed by atoms with van der Waals surface area (Å²) in [5.41, 5.74) is 8.08. The Balaban J connectivity index is 1.76. The van der Waals surface area contributed by atoms with E-state index in [0.717, 1.165) is 45.4 Å². The van der Waals surface area contributed by atoms with Gasteiger partial charge in [0.15, 0.2) is 0 Å². The van der Waals surface area contributed by atoms with Gasteiger partial charge in [-0.1, -0.05) is 38.1 Å². The molecule has 0 aromatic heterocycles. The van der Waals surface area contributed by atoms with Crippen molar-refractivity contribution in [2.24, 2.45) is 5.73 Å². The highest BCUT2D eigenvalue weighted by atomic mass is 16.5. The van der Waals surface area contributed by atoms with E-state index in [4.69, 9.17) is 10.5 Å². The number of carbonyl (C=O) groups excluding carboxylic acids is 1. The number of carbonyl (C=O) groups is 1. The van der Waals surface area contributed by atoms with Crippen LogP contribution in [0.1, 0.15) is 56.6 Å². The minimum atomic E-state index is 0.266. The minimum Gasteiger partial charge on any atom is -0.378 e. The van der Waals surface area contributed by atoms with E-state index in [2.05, 4.69) is 38.1 Å². The topological polar surface area (TPSA) is 55.6 Å². The molecule has 1 heterocycles. The number of hydrogen-bond acceptors (Lipinski definition) is 3. The van der Waals surface area contributed by atoms with Crippen molar-refractivity contribution in [3.05, 3.63) is 35.4 Å². The van der Waals surface area contributed by atoms with Gasteiger partial charge in [-0.05, 0) is 49.3 Å². The maximum atomic E-state index is 12.5. The smallest absolute Gasteiger partial charge is 0.223 e. The van der Waals surface area contributed by atoms with Gasteiger partial charge in [-0.15, -0.1) is 0 Å². The van der Waals surface area contributed by atoms with Crippen molar-refractivity contribution in [2.75, 3.05) is 26.2 Å². The zero-order chi connectivity index (χ0) is 17.4. The highest BCUT2D eigenvalue weighted by Gasteiger charge is 2.24. The van der Waals surface area contributed by atoms with Gasteiger partial charge in [0.1, 0.15) is 0 Å². The Hall–Kier alpha value is -1.39. The normalized spacial score (nSPS) is 17.0. The van der Waals surface area contributed by atoms with Gasteiger partial charge in [0.05, 0.1) is 6.10 Å². The quantitative estimate of drug-likeness (QED) is 0.744. The van der Waals surface area contributed by atoms with Crippen LogP contribution in [0.4, 0.5) is 0 Å². The first-order valence-electron chi connectivity index (χ1n) is 9.32. The fraction of sp³-hybridized carbons (Fsp3) is 0.650. The molecule has 1 amide bonds. The Morgan fingerprint density at radius 3 is 2.54 bits per heavy atom. The van der Waals surface area contributed by atoms with Crippen molar-refractivity contribution in [1.29, 1.82) is 0 Å². The number of nitrogens with two attached hydrogens (primary N) is 1. The Morgan fingerprint density at radius 1 is 1.29 bits per heavy atom. The summed E-state index contributed by atoms with van der Waals surface area (Å²) in [6, 6.07) is 8.66. The van der Waals surface area contributed by atoms with E-state index in [9.17, 15) is 4.79 Å².